The Morgan fingerprint density at radius 2 is 1.85 bits per heavy atom. The predicted molar refractivity (Wildman–Crippen MR) is 91.6 cm³/mol. The second-order valence-electron chi connectivity index (χ2n) is 7.57. The molecule has 0 aromatic heterocycles. The first-order valence-corrected chi connectivity index (χ1v) is 10.9. The number of hydrogen-bond donors (Lipinski definition) is 1. The zero-order valence-corrected chi connectivity index (χ0v) is 15.7. The molecule has 0 saturated heterocycles. The summed E-state index contributed by atoms with van der Waals surface area (Å²) in [6.45, 7) is 19.5. The van der Waals surface area contributed by atoms with Crippen LogP contribution in [0.4, 0.5) is 0 Å². The van der Waals surface area contributed by atoms with Crippen molar-refractivity contribution in [2.24, 2.45) is 5.92 Å². The van der Waals surface area contributed by atoms with Gasteiger partial charge in [0.15, 0.2) is 8.32 Å². The monoisotopic (exact) mass is 300 g/mol. The van der Waals surface area contributed by atoms with Gasteiger partial charge in [0.05, 0.1) is 12.2 Å². The molecule has 0 aliphatic heterocycles. The Morgan fingerprint density at radius 3 is 2.25 bits per heavy atom. The molecule has 120 valence electrons. The fraction of sp³-hybridized carbons (Fsp3) is 0.882. The van der Waals surface area contributed by atoms with Crippen molar-refractivity contribution in [1.29, 1.82) is 0 Å². The lowest BCUT2D eigenvalue weighted by atomic mass is 9.94. The minimum atomic E-state index is -1.79. The Balaban J connectivity index is 4.88. The average molecular weight is 301 g/mol. The fourth-order valence-electron chi connectivity index (χ4n) is 2.00. The molecular formula is C17H36O2Si. The molecule has 0 aromatic rings. The van der Waals surface area contributed by atoms with E-state index in [2.05, 4.69) is 54.3 Å². The third-order valence-corrected chi connectivity index (χ3v) is 9.15. The van der Waals surface area contributed by atoms with Crippen LogP contribution in [0.1, 0.15) is 60.3 Å². The Kier molecular flexibility index (Phi) is 8.30. The van der Waals surface area contributed by atoms with Gasteiger partial charge < -0.3 is 9.53 Å². The highest BCUT2D eigenvalue weighted by Crippen LogP contribution is 2.39. The summed E-state index contributed by atoms with van der Waals surface area (Å²) < 4.78 is 6.56. The van der Waals surface area contributed by atoms with Gasteiger partial charge in [0, 0.05) is 6.42 Å². The fourth-order valence-corrected chi connectivity index (χ4v) is 3.44. The smallest absolute Gasteiger partial charge is 0.192 e. The Bertz CT molecular complexity index is 281. The summed E-state index contributed by atoms with van der Waals surface area (Å²) in [5.74, 6) is 0.485. The molecule has 0 saturated carbocycles. The molecule has 0 aliphatic carbocycles. The maximum absolute atomic E-state index is 9.92. The molecule has 3 atom stereocenters. The van der Waals surface area contributed by atoms with Crippen molar-refractivity contribution < 1.29 is 9.53 Å². The number of unbranched alkanes of at least 4 members (excludes halogenated alkanes) is 1. The molecule has 0 amide bonds. The van der Waals surface area contributed by atoms with Gasteiger partial charge >= 0.3 is 0 Å². The van der Waals surface area contributed by atoms with Crippen LogP contribution in [0.25, 0.3) is 0 Å². The maximum atomic E-state index is 9.92. The quantitative estimate of drug-likeness (QED) is 0.472. The second-order valence-corrected chi connectivity index (χ2v) is 12.3. The summed E-state index contributed by atoms with van der Waals surface area (Å²) >= 11 is 0. The van der Waals surface area contributed by atoms with E-state index < -0.39 is 14.4 Å². The van der Waals surface area contributed by atoms with Crippen LogP contribution in [0.15, 0.2) is 12.7 Å². The van der Waals surface area contributed by atoms with E-state index in [0.717, 1.165) is 0 Å². The van der Waals surface area contributed by atoms with Crippen LogP contribution >= 0.6 is 0 Å². The first kappa shape index (κ1) is 19.9. The predicted octanol–water partition coefficient (Wildman–Crippen LogP) is 5.14. The van der Waals surface area contributed by atoms with Gasteiger partial charge in [0.2, 0.25) is 0 Å². The zero-order chi connectivity index (χ0) is 16.0. The molecule has 0 spiro atoms. The third-order valence-electron chi connectivity index (χ3n) is 4.65. The van der Waals surface area contributed by atoms with Crippen LogP contribution in [0.2, 0.25) is 18.1 Å². The maximum Gasteiger partial charge on any atom is 0.192 e. The van der Waals surface area contributed by atoms with Crippen molar-refractivity contribution in [1.82, 2.24) is 0 Å². The van der Waals surface area contributed by atoms with Gasteiger partial charge in [-0.1, -0.05) is 53.5 Å². The van der Waals surface area contributed by atoms with Crippen LogP contribution in [0.5, 0.6) is 0 Å². The van der Waals surface area contributed by atoms with Crippen LogP contribution in [-0.4, -0.2) is 25.6 Å². The Hall–Kier alpha value is -0.123. The van der Waals surface area contributed by atoms with E-state index >= 15 is 0 Å². The number of rotatable bonds is 9. The minimum Gasteiger partial charge on any atom is -0.414 e. The minimum absolute atomic E-state index is 0.135. The van der Waals surface area contributed by atoms with E-state index in [0.29, 0.717) is 12.3 Å². The van der Waals surface area contributed by atoms with Crippen molar-refractivity contribution in [3.8, 4) is 0 Å². The molecule has 0 unspecified atom stereocenters. The third kappa shape index (κ3) is 6.55. The van der Waals surface area contributed by atoms with Gasteiger partial charge in [0.25, 0.3) is 0 Å². The SMILES string of the molecule is C=C[C@H](O)C[C@H](O[Si](C)(C)C(C)(C)C)[C@H](C)CCCC. The van der Waals surface area contributed by atoms with Gasteiger partial charge in [-0.2, -0.15) is 0 Å². The first-order valence-electron chi connectivity index (χ1n) is 8.03. The van der Waals surface area contributed by atoms with Crippen molar-refractivity contribution in [3.63, 3.8) is 0 Å². The molecule has 0 radical (unpaired) electrons. The summed E-state index contributed by atoms with van der Waals surface area (Å²) in [4.78, 5) is 0. The molecule has 3 heteroatoms. The van der Waals surface area contributed by atoms with E-state index in [9.17, 15) is 5.11 Å². The summed E-state index contributed by atoms with van der Waals surface area (Å²) in [5, 5.41) is 10.1. The highest BCUT2D eigenvalue weighted by Gasteiger charge is 2.40. The van der Waals surface area contributed by atoms with Crippen molar-refractivity contribution >= 4 is 8.32 Å². The van der Waals surface area contributed by atoms with Gasteiger partial charge in [-0.3, -0.25) is 0 Å². The van der Waals surface area contributed by atoms with E-state index in [1.54, 1.807) is 6.08 Å². The van der Waals surface area contributed by atoms with Crippen LogP contribution in [-0.2, 0) is 4.43 Å². The van der Waals surface area contributed by atoms with Crippen molar-refractivity contribution in [3.05, 3.63) is 12.7 Å². The largest absolute Gasteiger partial charge is 0.414 e. The van der Waals surface area contributed by atoms with E-state index in [-0.39, 0.29) is 11.1 Å². The lowest BCUT2D eigenvalue weighted by Gasteiger charge is -2.41. The van der Waals surface area contributed by atoms with Crippen LogP contribution in [0.3, 0.4) is 0 Å². The number of aliphatic hydroxyl groups is 1. The van der Waals surface area contributed by atoms with Crippen molar-refractivity contribution in [2.75, 3.05) is 0 Å². The Morgan fingerprint density at radius 1 is 1.30 bits per heavy atom. The van der Waals surface area contributed by atoms with Gasteiger partial charge in [-0.25, -0.2) is 0 Å². The normalized spacial score (nSPS) is 17.6. The molecule has 0 fully saturated rings. The molecule has 0 bridgehead atoms. The summed E-state index contributed by atoms with van der Waals surface area (Å²) in [5.41, 5.74) is 0. The summed E-state index contributed by atoms with van der Waals surface area (Å²) in [6, 6.07) is 0. The van der Waals surface area contributed by atoms with E-state index in [1.165, 1.54) is 19.3 Å². The molecule has 1 N–H and O–H groups in total. The van der Waals surface area contributed by atoms with Gasteiger partial charge in [-0.05, 0) is 30.5 Å². The first-order chi connectivity index (χ1) is 9.05. The molecular weight excluding hydrogens is 264 g/mol. The number of aliphatic hydroxyl groups excluding tert-OH is 1. The molecule has 2 nitrogen and oxygen atoms in total. The van der Waals surface area contributed by atoms with E-state index in [1.807, 2.05) is 0 Å². The van der Waals surface area contributed by atoms with Crippen LogP contribution in [0, 0.1) is 5.92 Å². The molecule has 0 aliphatic rings. The standard InChI is InChI=1S/C17H36O2Si/c1-9-11-12-14(3)16(13-15(18)10-2)19-20(7,8)17(4,5)6/h10,14-16,18H,2,9,11-13H2,1,3-8H3/t14-,15+,16+/m1/s1. The highest BCUT2D eigenvalue weighted by molar-refractivity contribution is 6.74. The lowest BCUT2D eigenvalue weighted by molar-refractivity contribution is 0.0696. The molecule has 0 heterocycles. The summed E-state index contributed by atoms with van der Waals surface area (Å²) in [6.07, 6.45) is 5.56. The van der Waals surface area contributed by atoms with Crippen molar-refractivity contribution in [2.45, 2.75) is 90.6 Å². The molecule has 0 aromatic carbocycles. The van der Waals surface area contributed by atoms with Gasteiger partial charge in [-0.15, -0.1) is 6.58 Å². The molecule has 0 rings (SSSR count). The topological polar surface area (TPSA) is 29.5 Å². The van der Waals surface area contributed by atoms with Crippen LogP contribution < -0.4 is 0 Å². The molecule has 20 heavy (non-hydrogen) atoms. The zero-order valence-electron chi connectivity index (χ0n) is 14.7. The van der Waals surface area contributed by atoms with E-state index in [4.69, 9.17) is 4.43 Å². The average Bonchev–Trinajstić information content (AvgIpc) is 2.33. The second kappa shape index (κ2) is 8.35. The lowest BCUT2D eigenvalue weighted by Crippen LogP contribution is -2.46. The number of hydrogen-bond acceptors (Lipinski definition) is 2. The highest BCUT2D eigenvalue weighted by atomic mass is 28.4. The Labute approximate surface area is 127 Å². The summed E-state index contributed by atoms with van der Waals surface area (Å²) in [7, 11) is -1.79. The van der Waals surface area contributed by atoms with Gasteiger partial charge in [0.1, 0.15) is 0 Å².